The number of benzene rings is 1. The van der Waals surface area contributed by atoms with Gasteiger partial charge in [0.05, 0.1) is 19.1 Å². The minimum Gasteiger partial charge on any atom is -0.496 e. The Bertz CT molecular complexity index is 606. The maximum atomic E-state index is 11.8. The summed E-state index contributed by atoms with van der Waals surface area (Å²) in [5.41, 5.74) is 0.464. The van der Waals surface area contributed by atoms with Crippen molar-refractivity contribution in [1.82, 2.24) is 0 Å². The second-order valence-corrected chi connectivity index (χ2v) is 6.46. The number of sulfone groups is 1. The van der Waals surface area contributed by atoms with Gasteiger partial charge in [-0.25, -0.2) is 13.2 Å². The van der Waals surface area contributed by atoms with Crippen LogP contribution in [0.5, 0.6) is 5.75 Å². The number of ether oxygens (including phenoxy) is 2. The first-order valence-corrected chi connectivity index (χ1v) is 7.76. The highest BCUT2D eigenvalue weighted by molar-refractivity contribution is 7.90. The third-order valence-electron chi connectivity index (χ3n) is 2.93. The van der Waals surface area contributed by atoms with E-state index in [1.807, 2.05) is 0 Å². The average Bonchev–Trinajstić information content (AvgIpc) is 2.42. The molecule has 1 aromatic carbocycles. The van der Waals surface area contributed by atoms with E-state index < -0.39 is 15.8 Å². The number of aliphatic hydroxyl groups excluding tert-OH is 1. The van der Waals surface area contributed by atoms with Crippen LogP contribution < -0.4 is 4.74 Å². The molecule has 0 bridgehead atoms. The third kappa shape index (κ3) is 3.29. The summed E-state index contributed by atoms with van der Waals surface area (Å²) in [6.07, 6.45) is 1.04. The maximum Gasteiger partial charge on any atom is 0.341 e. The highest BCUT2D eigenvalue weighted by Gasteiger charge is 2.24. The number of carbonyl (C=O) groups is 1. The van der Waals surface area contributed by atoms with Gasteiger partial charge in [-0.1, -0.05) is 6.92 Å². The van der Waals surface area contributed by atoms with E-state index in [9.17, 15) is 18.3 Å². The number of methoxy groups -OCH3 is 2. The molecule has 1 aromatic rings. The minimum absolute atomic E-state index is 0.0194. The molecular formula is C13H18O6S. The Balaban J connectivity index is 3.69. The SMILES string of the molecule is COC(=O)c1cc(S(C)(=O)=O)cc(C(C)CO)c1OC. The Labute approximate surface area is 118 Å². The Morgan fingerprint density at radius 1 is 1.35 bits per heavy atom. The van der Waals surface area contributed by atoms with Crippen molar-refractivity contribution in [3.8, 4) is 5.75 Å². The second kappa shape index (κ2) is 6.23. The zero-order valence-electron chi connectivity index (χ0n) is 11.8. The standard InChI is InChI=1S/C13H18O6S/c1-8(7-14)10-5-9(20(4,16)17)6-11(12(10)18-2)13(15)19-3/h5-6,8,14H,7H2,1-4H3. The van der Waals surface area contributed by atoms with Gasteiger partial charge in [0.1, 0.15) is 11.3 Å². The third-order valence-corrected chi connectivity index (χ3v) is 4.03. The van der Waals surface area contributed by atoms with Gasteiger partial charge in [-0.05, 0) is 12.1 Å². The van der Waals surface area contributed by atoms with E-state index in [0.717, 1.165) is 6.26 Å². The monoisotopic (exact) mass is 302 g/mol. The molecule has 7 heteroatoms. The molecule has 0 fully saturated rings. The molecule has 1 rings (SSSR count). The summed E-state index contributed by atoms with van der Waals surface area (Å²) >= 11 is 0. The van der Waals surface area contributed by atoms with Crippen LogP contribution in [0.1, 0.15) is 28.8 Å². The minimum atomic E-state index is -3.50. The average molecular weight is 302 g/mol. The van der Waals surface area contributed by atoms with Gasteiger partial charge >= 0.3 is 5.97 Å². The maximum absolute atomic E-state index is 11.8. The van der Waals surface area contributed by atoms with Crippen LogP contribution in [0.15, 0.2) is 17.0 Å². The lowest BCUT2D eigenvalue weighted by atomic mass is 9.98. The molecule has 0 spiro atoms. The Morgan fingerprint density at radius 2 is 1.95 bits per heavy atom. The second-order valence-electron chi connectivity index (χ2n) is 4.44. The molecule has 0 saturated carbocycles. The van der Waals surface area contributed by atoms with E-state index in [4.69, 9.17) is 4.74 Å². The summed E-state index contributed by atoms with van der Waals surface area (Å²) in [5, 5.41) is 9.27. The summed E-state index contributed by atoms with van der Waals surface area (Å²) in [6, 6.07) is 2.62. The summed E-state index contributed by atoms with van der Waals surface area (Å²) < 4.78 is 33.2. The van der Waals surface area contributed by atoms with E-state index in [-0.39, 0.29) is 28.7 Å². The predicted octanol–water partition coefficient (Wildman–Crippen LogP) is 0.981. The molecule has 1 atom stereocenters. The summed E-state index contributed by atoms with van der Waals surface area (Å²) in [4.78, 5) is 11.8. The number of hydrogen-bond donors (Lipinski definition) is 1. The quantitative estimate of drug-likeness (QED) is 0.816. The van der Waals surface area contributed by atoms with Crippen molar-refractivity contribution in [2.24, 2.45) is 0 Å². The topological polar surface area (TPSA) is 89.9 Å². The van der Waals surface area contributed by atoms with E-state index in [0.29, 0.717) is 5.56 Å². The number of esters is 1. The number of carbonyl (C=O) groups excluding carboxylic acids is 1. The lowest BCUT2D eigenvalue weighted by Gasteiger charge is -2.17. The summed E-state index contributed by atoms with van der Waals surface area (Å²) in [5.74, 6) is -0.861. The number of rotatable bonds is 5. The molecule has 20 heavy (non-hydrogen) atoms. The van der Waals surface area contributed by atoms with Crippen LogP contribution in [0.3, 0.4) is 0 Å². The molecule has 112 valence electrons. The number of aliphatic hydroxyl groups is 1. The van der Waals surface area contributed by atoms with Crippen molar-refractivity contribution in [3.05, 3.63) is 23.3 Å². The van der Waals surface area contributed by atoms with Gasteiger partial charge in [0.25, 0.3) is 0 Å². The van der Waals surface area contributed by atoms with Crippen LogP contribution in [0.25, 0.3) is 0 Å². The van der Waals surface area contributed by atoms with Crippen molar-refractivity contribution >= 4 is 15.8 Å². The van der Waals surface area contributed by atoms with Gasteiger partial charge in [0.2, 0.25) is 0 Å². The van der Waals surface area contributed by atoms with Crippen LogP contribution in [-0.4, -0.2) is 46.6 Å². The molecule has 0 aromatic heterocycles. The Kier molecular flexibility index (Phi) is 5.13. The van der Waals surface area contributed by atoms with E-state index in [1.54, 1.807) is 6.92 Å². The first kappa shape index (κ1) is 16.5. The largest absolute Gasteiger partial charge is 0.496 e. The molecule has 0 heterocycles. The molecule has 0 aliphatic rings. The summed E-state index contributed by atoms with van der Waals surface area (Å²) in [7, 11) is -0.932. The molecule has 6 nitrogen and oxygen atoms in total. The van der Waals surface area contributed by atoms with Crippen LogP contribution in [0.2, 0.25) is 0 Å². The van der Waals surface area contributed by atoms with Gasteiger partial charge in [-0.15, -0.1) is 0 Å². The first-order valence-electron chi connectivity index (χ1n) is 5.87. The number of hydrogen-bond acceptors (Lipinski definition) is 6. The van der Waals surface area contributed by atoms with Crippen LogP contribution >= 0.6 is 0 Å². The van der Waals surface area contributed by atoms with Crippen molar-refractivity contribution in [3.63, 3.8) is 0 Å². The van der Waals surface area contributed by atoms with Crippen molar-refractivity contribution in [2.45, 2.75) is 17.7 Å². The molecule has 0 radical (unpaired) electrons. The fraction of sp³-hybridized carbons (Fsp3) is 0.462. The highest BCUT2D eigenvalue weighted by Crippen LogP contribution is 2.33. The lowest BCUT2D eigenvalue weighted by molar-refractivity contribution is 0.0596. The smallest absolute Gasteiger partial charge is 0.341 e. The zero-order chi connectivity index (χ0) is 15.5. The van der Waals surface area contributed by atoms with Crippen LogP contribution in [0, 0.1) is 0 Å². The Hall–Kier alpha value is -1.60. The fourth-order valence-electron chi connectivity index (χ4n) is 1.79. The van der Waals surface area contributed by atoms with E-state index >= 15 is 0 Å². The fourth-order valence-corrected chi connectivity index (χ4v) is 2.46. The zero-order valence-corrected chi connectivity index (χ0v) is 12.7. The van der Waals surface area contributed by atoms with E-state index in [1.165, 1.54) is 26.4 Å². The molecule has 0 saturated heterocycles. The predicted molar refractivity (Wildman–Crippen MR) is 72.9 cm³/mol. The molecule has 0 aliphatic carbocycles. The van der Waals surface area contributed by atoms with Crippen molar-refractivity contribution in [2.75, 3.05) is 27.1 Å². The summed E-state index contributed by atoms with van der Waals surface area (Å²) in [6.45, 7) is 1.50. The van der Waals surface area contributed by atoms with Crippen LogP contribution in [0.4, 0.5) is 0 Å². The van der Waals surface area contributed by atoms with Gasteiger partial charge in [0.15, 0.2) is 9.84 Å². The van der Waals surface area contributed by atoms with Gasteiger partial charge in [-0.2, -0.15) is 0 Å². The van der Waals surface area contributed by atoms with Gasteiger partial charge in [0, 0.05) is 24.3 Å². The molecule has 1 N–H and O–H groups in total. The molecule has 1 unspecified atom stereocenters. The van der Waals surface area contributed by atoms with Crippen LogP contribution in [-0.2, 0) is 14.6 Å². The van der Waals surface area contributed by atoms with Gasteiger partial charge in [-0.3, -0.25) is 0 Å². The van der Waals surface area contributed by atoms with Crippen molar-refractivity contribution < 1.29 is 27.8 Å². The van der Waals surface area contributed by atoms with E-state index in [2.05, 4.69) is 4.74 Å². The first-order chi connectivity index (χ1) is 9.26. The Morgan fingerprint density at radius 3 is 2.35 bits per heavy atom. The normalized spacial score (nSPS) is 12.8. The lowest BCUT2D eigenvalue weighted by Crippen LogP contribution is -2.12. The molecular weight excluding hydrogens is 284 g/mol. The molecule has 0 amide bonds. The van der Waals surface area contributed by atoms with Crippen molar-refractivity contribution in [1.29, 1.82) is 0 Å². The highest BCUT2D eigenvalue weighted by atomic mass is 32.2. The molecule has 0 aliphatic heterocycles. The van der Waals surface area contributed by atoms with Gasteiger partial charge < -0.3 is 14.6 Å².